The molecule has 0 aliphatic rings. The van der Waals surface area contributed by atoms with Gasteiger partial charge in [-0.1, -0.05) is 42.0 Å². The molecule has 0 aliphatic carbocycles. The van der Waals surface area contributed by atoms with Gasteiger partial charge in [0.15, 0.2) is 0 Å². The van der Waals surface area contributed by atoms with E-state index in [9.17, 15) is 4.79 Å². The van der Waals surface area contributed by atoms with Crippen molar-refractivity contribution in [1.82, 2.24) is 14.9 Å². The second-order valence-corrected chi connectivity index (χ2v) is 5.92. The molecule has 128 valence electrons. The Kier molecular flexibility index (Phi) is 4.84. The molecule has 0 radical (unpaired) electrons. The van der Waals surface area contributed by atoms with E-state index in [2.05, 4.69) is 16.4 Å². The van der Waals surface area contributed by atoms with Crippen LogP contribution in [0.1, 0.15) is 33.4 Å². The van der Waals surface area contributed by atoms with Gasteiger partial charge in [-0.05, 0) is 24.6 Å². The molecule has 5 heteroatoms. The molecule has 1 heterocycles. The number of aryl methyl sites for hydroxylation is 2. The Morgan fingerprint density at radius 2 is 2.00 bits per heavy atom. The van der Waals surface area contributed by atoms with E-state index in [-0.39, 0.29) is 11.9 Å². The molecule has 1 N–H and O–H groups in total. The highest BCUT2D eigenvalue weighted by Crippen LogP contribution is 2.24. The highest BCUT2D eigenvalue weighted by molar-refractivity contribution is 5.97. The Hall–Kier alpha value is -3.08. The minimum absolute atomic E-state index is 0.202. The SMILES string of the molecule is COc1ccccc1C(=O)NC(c1cccc(C)c1)c1nccn1C. The number of ether oxygens (including phenoxy) is 1. The fraction of sp³-hybridized carbons (Fsp3) is 0.200. The lowest BCUT2D eigenvalue weighted by Crippen LogP contribution is -2.31. The molecule has 2 aromatic carbocycles. The van der Waals surface area contributed by atoms with Gasteiger partial charge in [0.1, 0.15) is 17.6 Å². The van der Waals surface area contributed by atoms with Gasteiger partial charge in [-0.3, -0.25) is 4.79 Å². The van der Waals surface area contributed by atoms with Crippen molar-refractivity contribution >= 4 is 5.91 Å². The molecule has 0 bridgehead atoms. The number of carbonyl (C=O) groups excluding carboxylic acids is 1. The summed E-state index contributed by atoms with van der Waals surface area (Å²) in [6.45, 7) is 2.03. The molecule has 1 amide bonds. The van der Waals surface area contributed by atoms with Gasteiger partial charge in [0.05, 0.1) is 12.7 Å². The van der Waals surface area contributed by atoms with E-state index in [1.54, 1.807) is 25.4 Å². The normalized spacial score (nSPS) is 11.8. The molecule has 0 spiro atoms. The lowest BCUT2D eigenvalue weighted by molar-refractivity contribution is 0.0938. The van der Waals surface area contributed by atoms with E-state index in [1.807, 2.05) is 55.1 Å². The van der Waals surface area contributed by atoms with Crippen LogP contribution in [-0.2, 0) is 7.05 Å². The van der Waals surface area contributed by atoms with E-state index in [0.29, 0.717) is 11.3 Å². The number of carbonyl (C=O) groups is 1. The highest BCUT2D eigenvalue weighted by Gasteiger charge is 2.22. The maximum Gasteiger partial charge on any atom is 0.255 e. The van der Waals surface area contributed by atoms with Crippen LogP contribution in [0.3, 0.4) is 0 Å². The largest absolute Gasteiger partial charge is 0.496 e. The average molecular weight is 335 g/mol. The van der Waals surface area contributed by atoms with Crippen molar-refractivity contribution in [3.63, 3.8) is 0 Å². The minimum atomic E-state index is -0.350. The molecule has 0 saturated heterocycles. The maximum absolute atomic E-state index is 12.9. The summed E-state index contributed by atoms with van der Waals surface area (Å²) < 4.78 is 7.22. The van der Waals surface area contributed by atoms with Gasteiger partial charge < -0.3 is 14.6 Å². The van der Waals surface area contributed by atoms with Gasteiger partial charge in [0, 0.05) is 19.4 Å². The zero-order chi connectivity index (χ0) is 17.8. The number of methoxy groups -OCH3 is 1. The topological polar surface area (TPSA) is 56.1 Å². The van der Waals surface area contributed by atoms with Crippen LogP contribution < -0.4 is 10.1 Å². The van der Waals surface area contributed by atoms with Crippen molar-refractivity contribution in [2.75, 3.05) is 7.11 Å². The van der Waals surface area contributed by atoms with Gasteiger partial charge in [-0.2, -0.15) is 0 Å². The summed E-state index contributed by atoms with van der Waals surface area (Å²) in [6, 6.07) is 14.9. The molecule has 1 unspecified atom stereocenters. The minimum Gasteiger partial charge on any atom is -0.496 e. The number of imidazole rings is 1. The monoisotopic (exact) mass is 335 g/mol. The third-order valence-corrected chi connectivity index (χ3v) is 4.12. The van der Waals surface area contributed by atoms with Crippen molar-refractivity contribution < 1.29 is 9.53 Å². The Balaban J connectivity index is 1.98. The number of nitrogens with zero attached hydrogens (tertiary/aromatic N) is 2. The Bertz CT molecular complexity index is 886. The standard InChI is InChI=1S/C20H21N3O2/c1-14-7-6-8-15(13-14)18(19-21-11-12-23(19)2)22-20(24)16-9-4-5-10-17(16)25-3/h4-13,18H,1-3H3,(H,22,24). The van der Waals surface area contributed by atoms with Crippen LogP contribution in [0, 0.1) is 6.92 Å². The first-order chi connectivity index (χ1) is 12.1. The second kappa shape index (κ2) is 7.21. The Morgan fingerprint density at radius 1 is 1.20 bits per heavy atom. The summed E-state index contributed by atoms with van der Waals surface area (Å²) in [5.74, 6) is 1.11. The lowest BCUT2D eigenvalue weighted by atomic mass is 10.0. The summed E-state index contributed by atoms with van der Waals surface area (Å²) in [6.07, 6.45) is 3.60. The van der Waals surface area contributed by atoms with E-state index in [1.165, 1.54) is 0 Å². The first kappa shape index (κ1) is 16.8. The van der Waals surface area contributed by atoms with Gasteiger partial charge in [-0.25, -0.2) is 4.98 Å². The van der Waals surface area contributed by atoms with Crippen LogP contribution in [0.25, 0.3) is 0 Å². The van der Waals surface area contributed by atoms with Crippen molar-refractivity contribution in [3.05, 3.63) is 83.4 Å². The molecule has 3 rings (SSSR count). The van der Waals surface area contributed by atoms with E-state index < -0.39 is 0 Å². The van der Waals surface area contributed by atoms with E-state index >= 15 is 0 Å². The zero-order valence-electron chi connectivity index (χ0n) is 14.6. The van der Waals surface area contributed by atoms with Crippen molar-refractivity contribution in [1.29, 1.82) is 0 Å². The zero-order valence-corrected chi connectivity index (χ0v) is 14.6. The van der Waals surface area contributed by atoms with Crippen molar-refractivity contribution in [2.24, 2.45) is 7.05 Å². The molecule has 0 aliphatic heterocycles. The maximum atomic E-state index is 12.9. The van der Waals surface area contributed by atoms with Crippen LogP contribution >= 0.6 is 0 Å². The van der Waals surface area contributed by atoms with E-state index in [0.717, 1.165) is 17.0 Å². The first-order valence-electron chi connectivity index (χ1n) is 8.08. The number of benzene rings is 2. The van der Waals surface area contributed by atoms with Crippen LogP contribution in [0.15, 0.2) is 60.9 Å². The number of hydrogen-bond acceptors (Lipinski definition) is 3. The van der Waals surface area contributed by atoms with Gasteiger partial charge in [0.2, 0.25) is 0 Å². The first-order valence-corrected chi connectivity index (χ1v) is 8.08. The Morgan fingerprint density at radius 3 is 2.68 bits per heavy atom. The molecule has 25 heavy (non-hydrogen) atoms. The third kappa shape index (κ3) is 3.55. The molecule has 3 aromatic rings. The van der Waals surface area contributed by atoms with Crippen LogP contribution in [0.2, 0.25) is 0 Å². The fourth-order valence-electron chi connectivity index (χ4n) is 2.84. The number of rotatable bonds is 5. The quantitative estimate of drug-likeness (QED) is 0.779. The summed E-state index contributed by atoms with van der Waals surface area (Å²) in [5, 5.41) is 3.09. The number of aromatic nitrogens is 2. The second-order valence-electron chi connectivity index (χ2n) is 5.92. The molecular formula is C20H21N3O2. The molecule has 0 saturated carbocycles. The van der Waals surface area contributed by atoms with Gasteiger partial charge in [0.25, 0.3) is 5.91 Å². The lowest BCUT2D eigenvalue weighted by Gasteiger charge is -2.20. The summed E-state index contributed by atoms with van der Waals surface area (Å²) in [5.41, 5.74) is 2.61. The molecule has 1 aromatic heterocycles. The number of hydrogen-bond donors (Lipinski definition) is 1. The smallest absolute Gasteiger partial charge is 0.255 e. The Labute approximate surface area is 147 Å². The van der Waals surface area contributed by atoms with Gasteiger partial charge >= 0.3 is 0 Å². The van der Waals surface area contributed by atoms with Crippen LogP contribution in [-0.4, -0.2) is 22.6 Å². The molecular weight excluding hydrogens is 314 g/mol. The predicted octanol–water partition coefficient (Wildman–Crippen LogP) is 3.26. The molecule has 1 atom stereocenters. The molecule has 5 nitrogen and oxygen atoms in total. The van der Waals surface area contributed by atoms with E-state index in [4.69, 9.17) is 4.74 Å². The predicted molar refractivity (Wildman–Crippen MR) is 96.7 cm³/mol. The summed E-state index contributed by atoms with van der Waals surface area (Å²) in [7, 11) is 3.48. The number of para-hydroxylation sites is 1. The summed E-state index contributed by atoms with van der Waals surface area (Å²) in [4.78, 5) is 17.3. The summed E-state index contributed by atoms with van der Waals surface area (Å²) >= 11 is 0. The van der Waals surface area contributed by atoms with Gasteiger partial charge in [-0.15, -0.1) is 0 Å². The van der Waals surface area contributed by atoms with Crippen LogP contribution in [0.5, 0.6) is 5.75 Å². The highest BCUT2D eigenvalue weighted by atomic mass is 16.5. The number of amides is 1. The number of nitrogens with one attached hydrogen (secondary N) is 1. The third-order valence-electron chi connectivity index (χ3n) is 4.12. The fourth-order valence-corrected chi connectivity index (χ4v) is 2.84. The average Bonchev–Trinajstić information content (AvgIpc) is 3.05. The van der Waals surface area contributed by atoms with Crippen molar-refractivity contribution in [2.45, 2.75) is 13.0 Å². The van der Waals surface area contributed by atoms with Crippen molar-refractivity contribution in [3.8, 4) is 5.75 Å². The van der Waals surface area contributed by atoms with Crippen LogP contribution in [0.4, 0.5) is 0 Å². The molecule has 0 fully saturated rings.